The summed E-state index contributed by atoms with van der Waals surface area (Å²) < 4.78 is 39.6. The van der Waals surface area contributed by atoms with Gasteiger partial charge in [-0.25, -0.2) is 9.97 Å². The van der Waals surface area contributed by atoms with Gasteiger partial charge in [0.2, 0.25) is 0 Å². The van der Waals surface area contributed by atoms with Gasteiger partial charge in [-0.1, -0.05) is 0 Å². The first kappa shape index (κ1) is 14.5. The number of nitrogens with two attached hydrogens (primary N) is 1. The van der Waals surface area contributed by atoms with E-state index in [1.807, 2.05) is 0 Å². The Morgan fingerprint density at radius 2 is 2.10 bits per heavy atom. The van der Waals surface area contributed by atoms with E-state index in [1.54, 1.807) is 12.4 Å². The quantitative estimate of drug-likeness (QED) is 0.937. The zero-order valence-corrected chi connectivity index (χ0v) is 12.5. The van der Waals surface area contributed by atoms with Crippen molar-refractivity contribution in [2.75, 3.05) is 0 Å². The maximum atomic E-state index is 13.2. The summed E-state index contributed by atoms with van der Waals surface area (Å²) in [5, 5.41) is -0.0772. The van der Waals surface area contributed by atoms with Gasteiger partial charge in [0.15, 0.2) is 0 Å². The fourth-order valence-corrected chi connectivity index (χ4v) is 4.17. The lowest BCUT2D eigenvalue weighted by Crippen LogP contribution is -2.28. The third kappa shape index (κ3) is 2.15. The second-order valence-corrected chi connectivity index (χ2v) is 6.76. The van der Waals surface area contributed by atoms with Gasteiger partial charge in [-0.3, -0.25) is 4.79 Å². The van der Waals surface area contributed by atoms with E-state index in [0.29, 0.717) is 10.6 Å². The zero-order valence-electron chi connectivity index (χ0n) is 10.8. The molecule has 1 aliphatic rings. The third-order valence-corrected chi connectivity index (χ3v) is 5.72. The van der Waals surface area contributed by atoms with Crippen LogP contribution < -0.4 is 5.73 Å². The van der Waals surface area contributed by atoms with Crippen LogP contribution in [0.3, 0.4) is 0 Å². The average molecular weight is 333 g/mol. The van der Waals surface area contributed by atoms with E-state index >= 15 is 0 Å². The number of halogens is 3. The highest BCUT2D eigenvalue weighted by atomic mass is 32.1. The lowest BCUT2D eigenvalue weighted by molar-refractivity contribution is -0.160. The Balaban J connectivity index is 2.15. The summed E-state index contributed by atoms with van der Waals surface area (Å²) in [6.45, 7) is 1.71. The number of carbonyl (C=O) groups is 1. The maximum absolute atomic E-state index is 13.2. The van der Waals surface area contributed by atoms with E-state index in [9.17, 15) is 18.0 Å². The first-order chi connectivity index (χ1) is 9.76. The van der Waals surface area contributed by atoms with Crippen LogP contribution in [0.1, 0.15) is 33.2 Å². The fraction of sp³-hybridized carbons (Fsp3) is 0.417. The Morgan fingerprint density at radius 3 is 2.52 bits per heavy atom. The van der Waals surface area contributed by atoms with Gasteiger partial charge in [-0.05, 0) is 19.8 Å². The molecule has 0 bridgehead atoms. The zero-order chi connectivity index (χ0) is 15.4. The molecule has 4 nitrogen and oxygen atoms in total. The highest BCUT2D eigenvalue weighted by molar-refractivity contribution is 7.16. The van der Waals surface area contributed by atoms with E-state index in [2.05, 4.69) is 9.97 Å². The Bertz CT molecular complexity index is 716. The van der Waals surface area contributed by atoms with E-state index in [-0.39, 0.29) is 28.4 Å². The first-order valence-electron chi connectivity index (χ1n) is 6.04. The number of aromatic nitrogens is 2. The number of alkyl halides is 3. The monoisotopic (exact) mass is 333 g/mol. The molecule has 1 amide bonds. The summed E-state index contributed by atoms with van der Waals surface area (Å²) in [4.78, 5) is 20.3. The molecule has 0 radical (unpaired) electrons. The molecule has 2 aromatic heterocycles. The lowest BCUT2D eigenvalue weighted by Gasteiger charge is -2.15. The molecule has 2 aromatic rings. The SMILES string of the molecule is Cc1ncsc1-c1nc(C2(C(F)(F)F)CC2)sc1C(N)=O. The summed E-state index contributed by atoms with van der Waals surface area (Å²) in [6, 6.07) is 0. The molecule has 9 heteroatoms. The van der Waals surface area contributed by atoms with Crippen molar-refractivity contribution in [2.24, 2.45) is 5.73 Å². The van der Waals surface area contributed by atoms with Crippen molar-refractivity contribution in [1.82, 2.24) is 9.97 Å². The minimum Gasteiger partial charge on any atom is -0.365 e. The number of hydrogen-bond donors (Lipinski definition) is 1. The van der Waals surface area contributed by atoms with Crippen LogP contribution in [0.15, 0.2) is 5.51 Å². The van der Waals surface area contributed by atoms with Crippen molar-refractivity contribution in [2.45, 2.75) is 31.4 Å². The summed E-state index contributed by atoms with van der Waals surface area (Å²) in [5.74, 6) is -0.764. The van der Waals surface area contributed by atoms with Crippen molar-refractivity contribution in [3.8, 4) is 10.6 Å². The molecule has 3 rings (SSSR count). The molecule has 0 aliphatic heterocycles. The predicted octanol–water partition coefficient (Wildman–Crippen LogP) is 3.27. The molecule has 2 N–H and O–H groups in total. The van der Waals surface area contributed by atoms with Crippen LogP contribution in [-0.2, 0) is 5.41 Å². The van der Waals surface area contributed by atoms with Crippen LogP contribution in [0, 0.1) is 6.92 Å². The number of carbonyl (C=O) groups excluding carboxylic acids is 1. The van der Waals surface area contributed by atoms with E-state index in [1.165, 1.54) is 11.3 Å². The average Bonchev–Trinajstić information content (AvgIpc) is 2.91. The topological polar surface area (TPSA) is 68.9 Å². The van der Waals surface area contributed by atoms with E-state index < -0.39 is 17.5 Å². The number of rotatable bonds is 3. The van der Waals surface area contributed by atoms with Crippen molar-refractivity contribution in [1.29, 1.82) is 0 Å². The molecule has 0 spiro atoms. The summed E-state index contributed by atoms with van der Waals surface area (Å²) >= 11 is 1.97. The van der Waals surface area contributed by atoms with Gasteiger partial charge in [0.05, 0.1) is 16.1 Å². The van der Waals surface area contributed by atoms with Gasteiger partial charge < -0.3 is 5.73 Å². The largest absolute Gasteiger partial charge is 0.400 e. The summed E-state index contributed by atoms with van der Waals surface area (Å²) in [6.07, 6.45) is -4.35. The van der Waals surface area contributed by atoms with Gasteiger partial charge in [0, 0.05) is 0 Å². The Hall–Kier alpha value is -1.48. The summed E-state index contributed by atoms with van der Waals surface area (Å²) in [7, 11) is 0. The van der Waals surface area contributed by atoms with Crippen molar-refractivity contribution in [3.05, 3.63) is 21.1 Å². The number of primary amides is 1. The van der Waals surface area contributed by atoms with Crippen molar-refractivity contribution >= 4 is 28.6 Å². The highest BCUT2D eigenvalue weighted by Crippen LogP contribution is 2.60. The minimum atomic E-state index is -4.36. The standard InChI is InChI=1S/C12H10F3N3OS2/c1-5-7(20-4-17-5)6-8(9(16)19)21-10(18-6)11(2-3-11)12(13,14)15/h4H,2-3H2,1H3,(H2,16,19). The number of nitrogens with zero attached hydrogens (tertiary/aromatic N) is 2. The number of amides is 1. The molecule has 0 aromatic carbocycles. The number of aryl methyl sites for hydroxylation is 1. The molecule has 1 fully saturated rings. The number of hydrogen-bond acceptors (Lipinski definition) is 5. The van der Waals surface area contributed by atoms with Crippen LogP contribution in [-0.4, -0.2) is 22.1 Å². The molecule has 112 valence electrons. The second kappa shape index (κ2) is 4.51. The molecule has 0 saturated heterocycles. The molecule has 1 aliphatic carbocycles. The van der Waals surface area contributed by atoms with Crippen molar-refractivity contribution in [3.63, 3.8) is 0 Å². The molecule has 0 atom stereocenters. The first-order valence-corrected chi connectivity index (χ1v) is 7.74. The Morgan fingerprint density at radius 1 is 1.43 bits per heavy atom. The van der Waals surface area contributed by atoms with Crippen LogP contribution in [0.25, 0.3) is 10.6 Å². The van der Waals surface area contributed by atoms with Crippen LogP contribution in [0.2, 0.25) is 0 Å². The van der Waals surface area contributed by atoms with Gasteiger partial charge >= 0.3 is 6.18 Å². The molecule has 2 heterocycles. The smallest absolute Gasteiger partial charge is 0.365 e. The van der Waals surface area contributed by atoms with Crippen LogP contribution in [0.5, 0.6) is 0 Å². The Labute approximate surface area is 125 Å². The normalized spacial score (nSPS) is 17.0. The highest BCUT2D eigenvalue weighted by Gasteiger charge is 2.66. The Kier molecular flexibility index (Phi) is 3.10. The molecule has 1 saturated carbocycles. The van der Waals surface area contributed by atoms with E-state index in [0.717, 1.165) is 11.3 Å². The van der Waals surface area contributed by atoms with Gasteiger partial charge in [-0.2, -0.15) is 13.2 Å². The second-order valence-electron chi connectivity index (χ2n) is 4.91. The molecule has 0 unspecified atom stereocenters. The maximum Gasteiger partial charge on any atom is 0.400 e. The van der Waals surface area contributed by atoms with Crippen molar-refractivity contribution < 1.29 is 18.0 Å². The summed E-state index contributed by atoms with van der Waals surface area (Å²) in [5.41, 5.74) is 5.79. The number of thiazole rings is 2. The molecular weight excluding hydrogens is 323 g/mol. The van der Waals surface area contributed by atoms with Gasteiger partial charge in [0.1, 0.15) is 21.0 Å². The van der Waals surface area contributed by atoms with Gasteiger partial charge in [-0.15, -0.1) is 22.7 Å². The molecule has 21 heavy (non-hydrogen) atoms. The molecular formula is C12H10F3N3OS2. The third-order valence-electron chi connectivity index (χ3n) is 3.51. The van der Waals surface area contributed by atoms with Crippen LogP contribution in [0.4, 0.5) is 13.2 Å². The van der Waals surface area contributed by atoms with Gasteiger partial charge in [0.25, 0.3) is 5.91 Å². The lowest BCUT2D eigenvalue weighted by atomic mass is 10.1. The van der Waals surface area contributed by atoms with Crippen LogP contribution >= 0.6 is 22.7 Å². The minimum absolute atomic E-state index is 0.00330. The fourth-order valence-electron chi connectivity index (χ4n) is 2.12. The predicted molar refractivity (Wildman–Crippen MR) is 73.4 cm³/mol. The van der Waals surface area contributed by atoms with E-state index in [4.69, 9.17) is 5.73 Å².